The second-order valence-electron chi connectivity index (χ2n) is 4.86. The Morgan fingerprint density at radius 2 is 2.00 bits per heavy atom. The third kappa shape index (κ3) is 2.56. The van der Waals surface area contributed by atoms with E-state index in [1.807, 2.05) is 18.2 Å². The molecule has 16 heavy (non-hydrogen) atoms. The van der Waals surface area contributed by atoms with Gasteiger partial charge in [-0.1, -0.05) is 31.4 Å². The third-order valence-electron chi connectivity index (χ3n) is 3.75. The Labute approximate surface area is 97.5 Å². The molecule has 1 unspecified atom stereocenters. The molecule has 1 saturated carbocycles. The molecule has 2 rings (SSSR count). The fourth-order valence-electron chi connectivity index (χ4n) is 2.85. The van der Waals surface area contributed by atoms with Gasteiger partial charge < -0.3 is 10.8 Å². The number of nitrogens with two attached hydrogens (primary N) is 1. The Bertz CT molecular complexity index is 331. The van der Waals surface area contributed by atoms with E-state index in [2.05, 4.69) is 6.07 Å². The maximum atomic E-state index is 9.58. The van der Waals surface area contributed by atoms with Gasteiger partial charge in [0.15, 0.2) is 0 Å². The van der Waals surface area contributed by atoms with Crippen LogP contribution in [0.15, 0.2) is 24.3 Å². The van der Waals surface area contributed by atoms with E-state index in [1.165, 1.54) is 37.7 Å². The summed E-state index contributed by atoms with van der Waals surface area (Å²) in [4.78, 5) is 0. The van der Waals surface area contributed by atoms with E-state index in [0.29, 0.717) is 5.92 Å². The normalized spacial score (nSPS) is 19.6. The second kappa shape index (κ2) is 5.35. The molecule has 1 aliphatic carbocycles. The highest BCUT2D eigenvalue weighted by atomic mass is 16.3. The Kier molecular flexibility index (Phi) is 3.83. The highest BCUT2D eigenvalue weighted by molar-refractivity contribution is 5.42. The molecule has 1 aliphatic rings. The van der Waals surface area contributed by atoms with Gasteiger partial charge >= 0.3 is 0 Å². The largest absolute Gasteiger partial charge is 0.399 e. The first-order chi connectivity index (χ1) is 7.81. The van der Waals surface area contributed by atoms with Gasteiger partial charge in [0, 0.05) is 11.6 Å². The molecule has 0 bridgehead atoms. The van der Waals surface area contributed by atoms with Crippen molar-refractivity contribution in [3.63, 3.8) is 0 Å². The van der Waals surface area contributed by atoms with Gasteiger partial charge in [-0.05, 0) is 36.5 Å². The molecule has 1 aromatic rings. The van der Waals surface area contributed by atoms with Crippen molar-refractivity contribution >= 4 is 5.69 Å². The highest BCUT2D eigenvalue weighted by Crippen LogP contribution is 2.36. The third-order valence-corrected chi connectivity index (χ3v) is 3.75. The topological polar surface area (TPSA) is 46.2 Å². The predicted octanol–water partition coefficient (Wildman–Crippen LogP) is 2.93. The number of benzene rings is 1. The molecule has 0 spiro atoms. The van der Waals surface area contributed by atoms with Crippen LogP contribution in [0.1, 0.15) is 43.6 Å². The molecule has 1 atom stereocenters. The van der Waals surface area contributed by atoms with Crippen LogP contribution in [0.25, 0.3) is 0 Å². The summed E-state index contributed by atoms with van der Waals surface area (Å²) in [6.07, 6.45) is 6.47. The zero-order chi connectivity index (χ0) is 11.4. The first kappa shape index (κ1) is 11.5. The van der Waals surface area contributed by atoms with Gasteiger partial charge in [-0.3, -0.25) is 0 Å². The lowest BCUT2D eigenvalue weighted by molar-refractivity contribution is 0.196. The Morgan fingerprint density at radius 1 is 1.25 bits per heavy atom. The van der Waals surface area contributed by atoms with E-state index in [-0.39, 0.29) is 12.5 Å². The number of nitrogen functional groups attached to an aromatic ring is 1. The smallest absolute Gasteiger partial charge is 0.0502 e. The van der Waals surface area contributed by atoms with Crippen LogP contribution in [-0.4, -0.2) is 11.7 Å². The quantitative estimate of drug-likeness (QED) is 0.768. The van der Waals surface area contributed by atoms with Gasteiger partial charge in [-0.2, -0.15) is 0 Å². The molecule has 0 aromatic heterocycles. The Balaban J connectivity index is 2.14. The zero-order valence-corrected chi connectivity index (χ0v) is 9.73. The second-order valence-corrected chi connectivity index (χ2v) is 4.86. The van der Waals surface area contributed by atoms with Crippen LogP contribution in [0.4, 0.5) is 5.69 Å². The SMILES string of the molecule is Nc1cccc(C(CO)C2CCCCC2)c1. The van der Waals surface area contributed by atoms with Crippen molar-refractivity contribution in [1.29, 1.82) is 0 Å². The van der Waals surface area contributed by atoms with E-state index >= 15 is 0 Å². The lowest BCUT2D eigenvalue weighted by Gasteiger charge is -2.29. The lowest BCUT2D eigenvalue weighted by Crippen LogP contribution is -2.19. The minimum absolute atomic E-state index is 0.244. The van der Waals surface area contributed by atoms with Crippen LogP contribution in [0.5, 0.6) is 0 Å². The fourth-order valence-corrected chi connectivity index (χ4v) is 2.85. The number of rotatable bonds is 3. The van der Waals surface area contributed by atoms with Crippen LogP contribution >= 0.6 is 0 Å². The van der Waals surface area contributed by atoms with E-state index in [1.54, 1.807) is 0 Å². The first-order valence-electron chi connectivity index (χ1n) is 6.27. The van der Waals surface area contributed by atoms with Crippen LogP contribution < -0.4 is 5.73 Å². The average molecular weight is 219 g/mol. The number of aliphatic hydroxyl groups excluding tert-OH is 1. The van der Waals surface area contributed by atoms with Crippen LogP contribution in [0, 0.1) is 5.92 Å². The van der Waals surface area contributed by atoms with Gasteiger partial charge in [0.1, 0.15) is 0 Å². The molecule has 88 valence electrons. The summed E-state index contributed by atoms with van der Waals surface area (Å²) in [7, 11) is 0. The molecule has 0 saturated heterocycles. The molecule has 0 aliphatic heterocycles. The van der Waals surface area contributed by atoms with E-state index in [4.69, 9.17) is 5.73 Å². The minimum atomic E-state index is 0.244. The van der Waals surface area contributed by atoms with Crippen molar-refractivity contribution in [2.45, 2.75) is 38.0 Å². The summed E-state index contributed by atoms with van der Waals surface area (Å²) < 4.78 is 0. The van der Waals surface area contributed by atoms with Crippen molar-refractivity contribution in [2.24, 2.45) is 5.92 Å². The molecule has 0 amide bonds. The van der Waals surface area contributed by atoms with Crippen LogP contribution in [-0.2, 0) is 0 Å². The molecule has 1 aromatic carbocycles. The number of hydrogen-bond acceptors (Lipinski definition) is 2. The monoisotopic (exact) mass is 219 g/mol. The summed E-state index contributed by atoms with van der Waals surface area (Å²) in [5.74, 6) is 0.921. The first-order valence-corrected chi connectivity index (χ1v) is 6.27. The summed E-state index contributed by atoms with van der Waals surface area (Å²) >= 11 is 0. The molecular formula is C14H21NO. The van der Waals surface area contributed by atoms with Gasteiger partial charge in [0.25, 0.3) is 0 Å². The molecule has 2 nitrogen and oxygen atoms in total. The van der Waals surface area contributed by atoms with Crippen molar-refractivity contribution in [2.75, 3.05) is 12.3 Å². The number of aliphatic hydroxyl groups is 1. The molecule has 1 fully saturated rings. The van der Waals surface area contributed by atoms with Crippen molar-refractivity contribution in [1.82, 2.24) is 0 Å². The van der Waals surface area contributed by atoms with Gasteiger partial charge in [0.05, 0.1) is 6.61 Å². The van der Waals surface area contributed by atoms with E-state index < -0.39 is 0 Å². The van der Waals surface area contributed by atoms with Crippen LogP contribution in [0.3, 0.4) is 0 Å². The molecular weight excluding hydrogens is 198 g/mol. The van der Waals surface area contributed by atoms with Crippen LogP contribution in [0.2, 0.25) is 0 Å². The fraction of sp³-hybridized carbons (Fsp3) is 0.571. The number of anilines is 1. The molecule has 0 heterocycles. The Hall–Kier alpha value is -1.02. The highest BCUT2D eigenvalue weighted by Gasteiger charge is 2.24. The maximum absolute atomic E-state index is 9.58. The van der Waals surface area contributed by atoms with Gasteiger partial charge in [0.2, 0.25) is 0 Å². The molecule has 3 N–H and O–H groups in total. The molecule has 2 heteroatoms. The maximum Gasteiger partial charge on any atom is 0.0502 e. The minimum Gasteiger partial charge on any atom is -0.399 e. The predicted molar refractivity (Wildman–Crippen MR) is 67.3 cm³/mol. The van der Waals surface area contributed by atoms with Crippen molar-refractivity contribution in [3.8, 4) is 0 Å². The van der Waals surface area contributed by atoms with E-state index in [0.717, 1.165) is 5.69 Å². The summed E-state index contributed by atoms with van der Waals surface area (Å²) in [5, 5.41) is 9.58. The summed E-state index contributed by atoms with van der Waals surface area (Å²) in [5.41, 5.74) is 7.80. The van der Waals surface area contributed by atoms with Crippen molar-refractivity contribution in [3.05, 3.63) is 29.8 Å². The van der Waals surface area contributed by atoms with E-state index in [9.17, 15) is 5.11 Å². The zero-order valence-electron chi connectivity index (χ0n) is 9.73. The lowest BCUT2D eigenvalue weighted by atomic mass is 9.77. The summed E-state index contributed by atoms with van der Waals surface area (Å²) in [6.45, 7) is 0.244. The van der Waals surface area contributed by atoms with Gasteiger partial charge in [-0.25, -0.2) is 0 Å². The van der Waals surface area contributed by atoms with Gasteiger partial charge in [-0.15, -0.1) is 0 Å². The standard InChI is InChI=1S/C14H21NO/c15-13-8-4-7-12(9-13)14(10-16)11-5-2-1-3-6-11/h4,7-9,11,14,16H,1-3,5-6,10,15H2. The average Bonchev–Trinajstić information content (AvgIpc) is 2.31. The Morgan fingerprint density at radius 3 is 2.62 bits per heavy atom. The summed E-state index contributed by atoms with van der Waals surface area (Å²) in [6, 6.07) is 7.98. The van der Waals surface area contributed by atoms with Crippen molar-refractivity contribution < 1.29 is 5.11 Å². The number of hydrogen-bond donors (Lipinski definition) is 2. The molecule has 0 radical (unpaired) electrons.